The number of aromatic nitrogens is 1. The molecule has 0 atom stereocenters. The molecule has 0 aliphatic heterocycles. The van der Waals surface area contributed by atoms with Gasteiger partial charge in [0.2, 0.25) is 0 Å². The Balaban J connectivity index is 2.03. The molecule has 0 bridgehead atoms. The van der Waals surface area contributed by atoms with Gasteiger partial charge in [-0.25, -0.2) is 0 Å². The molecule has 0 fully saturated rings. The molecule has 1 aromatic heterocycles. The van der Waals surface area contributed by atoms with Crippen LogP contribution >= 0.6 is 0 Å². The molecule has 0 aliphatic rings. The molecule has 3 aromatic rings. The third-order valence-corrected chi connectivity index (χ3v) is 3.07. The lowest BCUT2D eigenvalue weighted by Gasteiger charge is -1.96. The van der Waals surface area contributed by atoms with Gasteiger partial charge in [0.1, 0.15) is 0 Å². The molecule has 0 amide bonds. The topological polar surface area (TPSA) is 48.4 Å². The minimum Gasteiger partial charge on any atom is -0.494 e. The van der Waals surface area contributed by atoms with Crippen molar-refractivity contribution in [3.05, 3.63) is 59.7 Å². The fourth-order valence-electron chi connectivity index (χ4n) is 2.13. The second-order valence-electron chi connectivity index (χ2n) is 4.53. The normalized spacial score (nSPS) is 11.4. The van der Waals surface area contributed by atoms with E-state index in [1.807, 2.05) is 55.5 Å². The van der Waals surface area contributed by atoms with Crippen LogP contribution in [0, 0.1) is 6.92 Å². The third-order valence-electron chi connectivity index (χ3n) is 3.07. The van der Waals surface area contributed by atoms with E-state index in [1.54, 1.807) is 6.21 Å². The number of aryl methyl sites for hydroxylation is 1. The number of hydrogen-bond donors (Lipinski definition) is 2. The van der Waals surface area contributed by atoms with Crippen LogP contribution < -0.4 is 0 Å². The van der Waals surface area contributed by atoms with Gasteiger partial charge >= 0.3 is 0 Å². The second-order valence-corrected chi connectivity index (χ2v) is 4.53. The molecule has 94 valence electrons. The van der Waals surface area contributed by atoms with Crippen molar-refractivity contribution < 1.29 is 5.11 Å². The highest BCUT2D eigenvalue weighted by atomic mass is 16.3. The van der Waals surface area contributed by atoms with Crippen LogP contribution in [0.3, 0.4) is 0 Å². The number of aliphatic imine (C=N–C) groups is 1. The van der Waals surface area contributed by atoms with E-state index < -0.39 is 0 Å². The number of H-pyrrole nitrogens is 1. The highest BCUT2D eigenvalue weighted by Crippen LogP contribution is 2.26. The minimum atomic E-state index is 0.151. The summed E-state index contributed by atoms with van der Waals surface area (Å²) in [4.78, 5) is 7.35. The zero-order chi connectivity index (χ0) is 13.2. The van der Waals surface area contributed by atoms with Crippen molar-refractivity contribution in [2.24, 2.45) is 4.99 Å². The number of nitrogens with one attached hydrogen (secondary N) is 1. The molecular weight excluding hydrogens is 236 g/mol. The van der Waals surface area contributed by atoms with E-state index in [1.165, 1.54) is 0 Å². The van der Waals surface area contributed by atoms with Crippen LogP contribution in [-0.4, -0.2) is 16.3 Å². The second kappa shape index (κ2) is 4.61. The highest BCUT2D eigenvalue weighted by molar-refractivity contribution is 6.02. The average molecular weight is 250 g/mol. The lowest BCUT2D eigenvalue weighted by Crippen LogP contribution is -1.79. The maximum absolute atomic E-state index is 9.92. The number of para-hydroxylation sites is 1. The number of rotatable bonds is 2. The monoisotopic (exact) mass is 250 g/mol. The molecule has 2 N–H and O–H groups in total. The lowest BCUT2D eigenvalue weighted by atomic mass is 10.2. The van der Waals surface area contributed by atoms with Crippen molar-refractivity contribution in [1.82, 2.24) is 4.98 Å². The van der Waals surface area contributed by atoms with E-state index in [0.29, 0.717) is 0 Å². The molecule has 0 radical (unpaired) electrons. The van der Waals surface area contributed by atoms with E-state index in [-0.39, 0.29) is 5.88 Å². The van der Waals surface area contributed by atoms with E-state index in [9.17, 15) is 5.11 Å². The van der Waals surface area contributed by atoms with Crippen molar-refractivity contribution in [2.75, 3.05) is 0 Å². The van der Waals surface area contributed by atoms with Gasteiger partial charge in [0, 0.05) is 17.1 Å². The van der Waals surface area contributed by atoms with E-state index in [4.69, 9.17) is 0 Å². The Kier molecular flexibility index (Phi) is 2.80. The van der Waals surface area contributed by atoms with Crippen LogP contribution in [0.5, 0.6) is 5.88 Å². The van der Waals surface area contributed by atoms with Crippen LogP contribution in [0.1, 0.15) is 11.1 Å². The van der Waals surface area contributed by atoms with Gasteiger partial charge in [-0.2, -0.15) is 0 Å². The zero-order valence-corrected chi connectivity index (χ0v) is 10.6. The van der Waals surface area contributed by atoms with Gasteiger partial charge in [-0.15, -0.1) is 0 Å². The Morgan fingerprint density at radius 1 is 1.11 bits per heavy atom. The van der Waals surface area contributed by atoms with E-state index in [0.717, 1.165) is 27.7 Å². The maximum atomic E-state index is 9.92. The van der Waals surface area contributed by atoms with Gasteiger partial charge in [0.15, 0.2) is 5.88 Å². The molecule has 19 heavy (non-hydrogen) atoms. The largest absolute Gasteiger partial charge is 0.494 e. The first kappa shape index (κ1) is 11.5. The van der Waals surface area contributed by atoms with Crippen LogP contribution in [0.2, 0.25) is 0 Å². The summed E-state index contributed by atoms with van der Waals surface area (Å²) in [6.45, 7) is 2.03. The molecule has 3 rings (SSSR count). The van der Waals surface area contributed by atoms with Gasteiger partial charge in [-0.3, -0.25) is 4.99 Å². The van der Waals surface area contributed by atoms with Crippen molar-refractivity contribution in [1.29, 1.82) is 0 Å². The summed E-state index contributed by atoms with van der Waals surface area (Å²) in [5.41, 5.74) is 3.67. The number of aromatic hydroxyl groups is 1. The molecule has 0 aliphatic carbocycles. The molecule has 0 saturated heterocycles. The molecule has 0 saturated carbocycles. The average Bonchev–Trinajstić information content (AvgIpc) is 2.72. The van der Waals surface area contributed by atoms with Crippen LogP contribution in [0.25, 0.3) is 10.9 Å². The molecule has 0 spiro atoms. The standard InChI is InChI=1S/C16H14N2O/c1-11-5-4-6-12(9-11)17-10-14-13-7-2-3-8-15(13)18-16(14)19/h2-10,18-19H,1H3/b17-10+. The summed E-state index contributed by atoms with van der Waals surface area (Å²) in [7, 11) is 0. The number of hydrogen-bond acceptors (Lipinski definition) is 2. The minimum absolute atomic E-state index is 0.151. The Hall–Kier alpha value is -2.55. The smallest absolute Gasteiger partial charge is 0.198 e. The van der Waals surface area contributed by atoms with Crippen LogP contribution in [0.15, 0.2) is 53.5 Å². The van der Waals surface area contributed by atoms with Gasteiger partial charge in [-0.05, 0) is 30.7 Å². The number of aromatic amines is 1. The van der Waals surface area contributed by atoms with E-state index >= 15 is 0 Å². The Bertz CT molecular complexity index is 756. The molecular formula is C16H14N2O. The summed E-state index contributed by atoms with van der Waals surface area (Å²) < 4.78 is 0. The van der Waals surface area contributed by atoms with Crippen molar-refractivity contribution in [3.8, 4) is 5.88 Å². The van der Waals surface area contributed by atoms with Gasteiger partial charge in [0.05, 0.1) is 11.3 Å². The van der Waals surface area contributed by atoms with Gasteiger partial charge in [0.25, 0.3) is 0 Å². The number of benzene rings is 2. The van der Waals surface area contributed by atoms with Crippen LogP contribution in [0.4, 0.5) is 5.69 Å². The van der Waals surface area contributed by atoms with Crippen molar-refractivity contribution >= 4 is 22.8 Å². The van der Waals surface area contributed by atoms with Crippen molar-refractivity contribution in [3.63, 3.8) is 0 Å². The first-order chi connectivity index (χ1) is 9.24. The lowest BCUT2D eigenvalue weighted by molar-refractivity contribution is 0.457. The number of fused-ring (bicyclic) bond motifs is 1. The summed E-state index contributed by atoms with van der Waals surface area (Å²) >= 11 is 0. The van der Waals surface area contributed by atoms with Crippen molar-refractivity contribution in [2.45, 2.75) is 6.92 Å². The predicted molar refractivity (Wildman–Crippen MR) is 78.4 cm³/mol. The molecule has 3 heteroatoms. The fraction of sp³-hybridized carbons (Fsp3) is 0.0625. The van der Waals surface area contributed by atoms with Crippen LogP contribution in [-0.2, 0) is 0 Å². The molecule has 3 nitrogen and oxygen atoms in total. The highest BCUT2D eigenvalue weighted by Gasteiger charge is 2.07. The Labute approximate surface area is 111 Å². The first-order valence-corrected chi connectivity index (χ1v) is 6.14. The number of nitrogens with zero attached hydrogens (tertiary/aromatic N) is 1. The predicted octanol–water partition coefficient (Wildman–Crippen LogP) is 3.93. The van der Waals surface area contributed by atoms with Gasteiger partial charge in [-0.1, -0.05) is 30.3 Å². The zero-order valence-electron chi connectivity index (χ0n) is 10.6. The Morgan fingerprint density at radius 3 is 2.79 bits per heavy atom. The maximum Gasteiger partial charge on any atom is 0.198 e. The van der Waals surface area contributed by atoms with E-state index in [2.05, 4.69) is 9.98 Å². The summed E-state index contributed by atoms with van der Waals surface area (Å²) in [5.74, 6) is 0.151. The quantitative estimate of drug-likeness (QED) is 0.665. The summed E-state index contributed by atoms with van der Waals surface area (Å²) in [6, 6.07) is 15.7. The molecule has 0 unspecified atom stereocenters. The molecule has 2 aromatic carbocycles. The summed E-state index contributed by atoms with van der Waals surface area (Å²) in [5, 5.41) is 10.9. The van der Waals surface area contributed by atoms with Gasteiger partial charge < -0.3 is 10.1 Å². The first-order valence-electron chi connectivity index (χ1n) is 6.14. The molecule has 1 heterocycles. The fourth-order valence-corrected chi connectivity index (χ4v) is 2.13. The Morgan fingerprint density at radius 2 is 1.95 bits per heavy atom. The summed E-state index contributed by atoms with van der Waals surface area (Å²) in [6.07, 6.45) is 1.70. The SMILES string of the molecule is Cc1cccc(/N=C/c2c(O)[nH]c3ccccc23)c1. The third kappa shape index (κ3) is 2.22.